The van der Waals surface area contributed by atoms with Crippen molar-refractivity contribution in [3.8, 4) is 0 Å². The van der Waals surface area contributed by atoms with Crippen molar-refractivity contribution in [3.63, 3.8) is 0 Å². The highest BCUT2D eigenvalue weighted by molar-refractivity contribution is 7.89. The highest BCUT2D eigenvalue weighted by Crippen LogP contribution is 2.24. The van der Waals surface area contributed by atoms with E-state index in [9.17, 15) is 13.2 Å². The highest BCUT2D eigenvalue weighted by Gasteiger charge is 2.31. The summed E-state index contributed by atoms with van der Waals surface area (Å²) in [5.74, 6) is 0.446. The van der Waals surface area contributed by atoms with Crippen molar-refractivity contribution in [2.24, 2.45) is 5.92 Å². The van der Waals surface area contributed by atoms with Crippen LogP contribution in [0.3, 0.4) is 0 Å². The quantitative estimate of drug-likeness (QED) is 0.744. The van der Waals surface area contributed by atoms with Gasteiger partial charge in [0.15, 0.2) is 0 Å². The molecule has 152 valence electrons. The van der Waals surface area contributed by atoms with Gasteiger partial charge < -0.3 is 4.90 Å². The minimum absolute atomic E-state index is 0.0441. The molecule has 1 aromatic heterocycles. The number of aromatic nitrogens is 1. The lowest BCUT2D eigenvalue weighted by Gasteiger charge is -2.33. The third-order valence-corrected chi connectivity index (χ3v) is 7.88. The molecule has 8 heteroatoms. The van der Waals surface area contributed by atoms with E-state index >= 15 is 0 Å². The Morgan fingerprint density at radius 3 is 2.29 bits per heavy atom. The maximum absolute atomic E-state index is 12.9. The Bertz CT molecular complexity index is 942. The van der Waals surface area contributed by atoms with E-state index in [4.69, 9.17) is 0 Å². The zero-order valence-electron chi connectivity index (χ0n) is 16.8. The number of thiazole rings is 1. The lowest BCUT2D eigenvalue weighted by molar-refractivity contribution is 0.0702. The number of hydrogen-bond donors (Lipinski definition) is 0. The zero-order valence-corrected chi connectivity index (χ0v) is 18.4. The smallest absolute Gasteiger partial charge is 0.265 e. The third kappa shape index (κ3) is 4.45. The number of amides is 1. The van der Waals surface area contributed by atoms with E-state index in [1.165, 1.54) is 15.6 Å². The normalized spacial score (nSPS) is 16.0. The fourth-order valence-electron chi connectivity index (χ4n) is 3.22. The van der Waals surface area contributed by atoms with Crippen LogP contribution in [0.15, 0.2) is 29.2 Å². The largest absolute Gasteiger partial charge is 0.335 e. The Morgan fingerprint density at radius 1 is 1.11 bits per heavy atom. The van der Waals surface area contributed by atoms with Crippen molar-refractivity contribution in [1.82, 2.24) is 14.2 Å². The van der Waals surface area contributed by atoms with E-state index in [1.54, 1.807) is 29.2 Å². The van der Waals surface area contributed by atoms with E-state index in [-0.39, 0.29) is 5.91 Å². The van der Waals surface area contributed by atoms with Crippen molar-refractivity contribution in [3.05, 3.63) is 45.4 Å². The monoisotopic (exact) mass is 421 g/mol. The predicted octanol–water partition coefficient (Wildman–Crippen LogP) is 3.11. The van der Waals surface area contributed by atoms with Crippen molar-refractivity contribution in [2.75, 3.05) is 26.2 Å². The van der Waals surface area contributed by atoms with Gasteiger partial charge in [0.25, 0.3) is 5.91 Å². The molecule has 1 fully saturated rings. The summed E-state index contributed by atoms with van der Waals surface area (Å²) in [6.07, 6.45) is 0.862. The van der Waals surface area contributed by atoms with Gasteiger partial charge in [-0.1, -0.05) is 31.5 Å². The lowest BCUT2D eigenvalue weighted by Crippen LogP contribution is -2.50. The molecule has 0 spiro atoms. The first-order chi connectivity index (χ1) is 13.2. The molecule has 0 bridgehead atoms. The van der Waals surface area contributed by atoms with Gasteiger partial charge in [0.2, 0.25) is 10.0 Å². The number of aryl methyl sites for hydroxylation is 2. The van der Waals surface area contributed by atoms with Gasteiger partial charge in [-0.25, -0.2) is 13.4 Å². The summed E-state index contributed by atoms with van der Waals surface area (Å²) in [5, 5.41) is 0.983. The van der Waals surface area contributed by atoms with Crippen molar-refractivity contribution >= 4 is 27.3 Å². The molecule has 28 heavy (non-hydrogen) atoms. The second-order valence-electron chi connectivity index (χ2n) is 7.63. The molecule has 0 saturated carbocycles. The van der Waals surface area contributed by atoms with Crippen molar-refractivity contribution in [2.45, 2.75) is 39.0 Å². The maximum atomic E-state index is 12.9. The Morgan fingerprint density at radius 2 is 1.71 bits per heavy atom. The zero-order chi connectivity index (χ0) is 20.5. The number of rotatable bonds is 5. The summed E-state index contributed by atoms with van der Waals surface area (Å²) in [5.41, 5.74) is 1.78. The molecule has 1 aromatic carbocycles. The van der Waals surface area contributed by atoms with E-state index in [0.29, 0.717) is 41.9 Å². The summed E-state index contributed by atoms with van der Waals surface area (Å²) in [4.78, 5) is 20.2. The molecule has 1 aliphatic rings. The molecular weight excluding hydrogens is 394 g/mol. The van der Waals surface area contributed by atoms with E-state index in [2.05, 4.69) is 18.8 Å². The number of sulfonamides is 1. The van der Waals surface area contributed by atoms with Gasteiger partial charge in [0.1, 0.15) is 4.88 Å². The van der Waals surface area contributed by atoms with Gasteiger partial charge in [-0.3, -0.25) is 4.79 Å². The molecule has 0 radical (unpaired) electrons. The Kier molecular flexibility index (Phi) is 6.21. The highest BCUT2D eigenvalue weighted by atomic mass is 32.2. The fourth-order valence-corrected chi connectivity index (χ4v) is 5.89. The van der Waals surface area contributed by atoms with Crippen LogP contribution < -0.4 is 0 Å². The number of carbonyl (C=O) groups is 1. The first-order valence-corrected chi connectivity index (χ1v) is 11.8. The topological polar surface area (TPSA) is 70.6 Å². The molecule has 0 aliphatic carbocycles. The lowest BCUT2D eigenvalue weighted by atomic mass is 10.1. The van der Waals surface area contributed by atoms with Crippen LogP contribution in [0.5, 0.6) is 0 Å². The number of carbonyl (C=O) groups excluding carboxylic acids is 1. The Balaban J connectivity index is 1.67. The van der Waals surface area contributed by atoms with Gasteiger partial charge >= 0.3 is 0 Å². The summed E-state index contributed by atoms with van der Waals surface area (Å²) >= 11 is 1.46. The molecule has 6 nitrogen and oxygen atoms in total. The predicted molar refractivity (Wildman–Crippen MR) is 111 cm³/mol. The third-order valence-electron chi connectivity index (χ3n) is 4.80. The van der Waals surface area contributed by atoms with E-state index in [0.717, 1.165) is 22.7 Å². The van der Waals surface area contributed by atoms with Gasteiger partial charge in [0.05, 0.1) is 15.6 Å². The Labute approximate surface area is 171 Å². The second-order valence-corrected chi connectivity index (χ2v) is 10.7. The summed E-state index contributed by atoms with van der Waals surface area (Å²) < 4.78 is 27.1. The summed E-state index contributed by atoms with van der Waals surface area (Å²) in [6, 6.07) is 6.88. The van der Waals surface area contributed by atoms with Crippen LogP contribution in [0, 0.1) is 19.8 Å². The average Bonchev–Trinajstić information content (AvgIpc) is 3.01. The Hall–Kier alpha value is -1.77. The molecule has 3 rings (SSSR count). The SMILES string of the molecule is Cc1ccc(S(=O)(=O)N2CCN(C(=O)c3sc(CC(C)C)nc3C)CC2)cc1. The molecule has 2 heterocycles. The van der Waals surface area contributed by atoms with Crippen LogP contribution >= 0.6 is 11.3 Å². The molecule has 0 atom stereocenters. The van der Waals surface area contributed by atoms with Crippen LogP contribution in [0.1, 0.15) is 39.8 Å². The first-order valence-electron chi connectivity index (χ1n) is 9.51. The molecule has 1 saturated heterocycles. The van der Waals surface area contributed by atoms with Gasteiger partial charge in [-0.15, -0.1) is 11.3 Å². The molecule has 1 amide bonds. The maximum Gasteiger partial charge on any atom is 0.265 e. The summed E-state index contributed by atoms with van der Waals surface area (Å²) in [7, 11) is -3.52. The fraction of sp³-hybridized carbons (Fsp3) is 0.500. The van der Waals surface area contributed by atoms with Crippen LogP contribution in [-0.2, 0) is 16.4 Å². The van der Waals surface area contributed by atoms with Gasteiger partial charge in [0, 0.05) is 32.6 Å². The van der Waals surface area contributed by atoms with Gasteiger partial charge in [-0.05, 0) is 31.9 Å². The molecule has 0 N–H and O–H groups in total. The van der Waals surface area contributed by atoms with Gasteiger partial charge in [-0.2, -0.15) is 4.31 Å². The molecule has 2 aromatic rings. The first kappa shape index (κ1) is 21.0. The minimum Gasteiger partial charge on any atom is -0.335 e. The standard InChI is InChI=1S/C20H27N3O3S2/c1-14(2)13-18-21-16(4)19(27-18)20(24)22-9-11-23(12-10-22)28(25,26)17-7-5-15(3)6-8-17/h5-8,14H,9-13H2,1-4H3. The number of piperazine rings is 1. The van der Waals surface area contributed by atoms with Crippen LogP contribution in [0.2, 0.25) is 0 Å². The van der Waals surface area contributed by atoms with Crippen molar-refractivity contribution in [1.29, 1.82) is 0 Å². The number of nitrogens with zero attached hydrogens (tertiary/aromatic N) is 3. The van der Waals surface area contributed by atoms with Crippen molar-refractivity contribution < 1.29 is 13.2 Å². The van der Waals surface area contributed by atoms with Crippen LogP contribution in [0.4, 0.5) is 0 Å². The number of hydrogen-bond acceptors (Lipinski definition) is 5. The van der Waals surface area contributed by atoms with Crippen LogP contribution in [0.25, 0.3) is 0 Å². The second kappa shape index (κ2) is 8.31. The molecule has 1 aliphatic heterocycles. The molecule has 0 unspecified atom stereocenters. The molecular formula is C20H27N3O3S2. The number of benzene rings is 1. The average molecular weight is 422 g/mol. The summed E-state index contributed by atoms with van der Waals surface area (Å²) in [6.45, 7) is 9.44. The van der Waals surface area contributed by atoms with E-state index < -0.39 is 10.0 Å². The van der Waals surface area contributed by atoms with Crippen LogP contribution in [-0.4, -0.2) is 54.7 Å². The van der Waals surface area contributed by atoms with E-state index in [1.807, 2.05) is 13.8 Å². The minimum atomic E-state index is -3.52.